The highest BCUT2D eigenvalue weighted by Crippen LogP contribution is 2.36. The van der Waals surface area contributed by atoms with E-state index >= 15 is 0 Å². The number of nitrogens with two attached hydrogens (primary N) is 1. The molecule has 2 rings (SSSR count). The Morgan fingerprint density at radius 3 is 2.84 bits per heavy atom. The quantitative estimate of drug-likeness (QED) is 0.685. The third-order valence-electron chi connectivity index (χ3n) is 3.52. The summed E-state index contributed by atoms with van der Waals surface area (Å²) in [6.07, 6.45) is 0.865. The maximum absolute atomic E-state index is 13.3. The van der Waals surface area contributed by atoms with Crippen molar-refractivity contribution in [1.29, 1.82) is 0 Å². The van der Waals surface area contributed by atoms with Gasteiger partial charge in [-0.25, -0.2) is 4.39 Å². The first-order valence-electron chi connectivity index (χ1n) is 6.04. The highest BCUT2D eigenvalue weighted by atomic mass is 35.5. The number of anilines is 1. The van der Waals surface area contributed by atoms with Crippen molar-refractivity contribution in [3.8, 4) is 0 Å². The number of nitro benzene ring substituents is 1. The van der Waals surface area contributed by atoms with Crippen LogP contribution in [0.15, 0.2) is 12.1 Å². The number of hydrogen-bond acceptors (Lipinski definition) is 4. The number of rotatable bonds is 3. The van der Waals surface area contributed by atoms with Crippen molar-refractivity contribution in [2.75, 3.05) is 18.0 Å². The molecule has 19 heavy (non-hydrogen) atoms. The first-order valence-corrected chi connectivity index (χ1v) is 6.42. The Hall–Kier alpha value is -1.40. The maximum atomic E-state index is 13.3. The summed E-state index contributed by atoms with van der Waals surface area (Å²) in [4.78, 5) is 12.3. The van der Waals surface area contributed by atoms with Crippen molar-refractivity contribution >= 4 is 23.0 Å². The normalized spacial score (nSPS) is 20.6. The molecular weight excluding hydrogens is 273 g/mol. The molecule has 1 aromatic carbocycles. The third-order valence-corrected chi connectivity index (χ3v) is 3.81. The summed E-state index contributed by atoms with van der Waals surface area (Å²) >= 11 is 5.72. The molecule has 1 fully saturated rings. The van der Waals surface area contributed by atoms with Crippen LogP contribution in [-0.2, 0) is 0 Å². The van der Waals surface area contributed by atoms with E-state index in [0.717, 1.165) is 12.5 Å². The first kappa shape index (κ1) is 14.0. The molecule has 2 atom stereocenters. The topological polar surface area (TPSA) is 72.4 Å². The molecule has 0 bridgehead atoms. The third kappa shape index (κ3) is 2.79. The van der Waals surface area contributed by atoms with Gasteiger partial charge in [-0.05, 0) is 25.3 Å². The summed E-state index contributed by atoms with van der Waals surface area (Å²) < 4.78 is 13.3. The van der Waals surface area contributed by atoms with Gasteiger partial charge < -0.3 is 10.6 Å². The summed E-state index contributed by atoms with van der Waals surface area (Å²) in [6, 6.07) is 2.22. The van der Waals surface area contributed by atoms with Crippen molar-refractivity contribution in [3.05, 3.63) is 33.1 Å². The molecule has 1 aliphatic heterocycles. The van der Waals surface area contributed by atoms with E-state index < -0.39 is 10.7 Å². The molecule has 1 aromatic rings. The van der Waals surface area contributed by atoms with E-state index in [0.29, 0.717) is 18.8 Å². The Bertz CT molecular complexity index is 510. The highest BCUT2D eigenvalue weighted by Gasteiger charge is 2.30. The van der Waals surface area contributed by atoms with E-state index in [1.165, 1.54) is 6.07 Å². The van der Waals surface area contributed by atoms with Crippen LogP contribution in [0.4, 0.5) is 15.8 Å². The van der Waals surface area contributed by atoms with E-state index in [9.17, 15) is 14.5 Å². The predicted octanol–water partition coefficient (Wildman–Crippen LogP) is 2.56. The summed E-state index contributed by atoms with van der Waals surface area (Å²) in [6.45, 7) is 3.20. The molecule has 1 heterocycles. The average Bonchev–Trinajstić information content (AvgIpc) is 2.81. The van der Waals surface area contributed by atoms with Gasteiger partial charge in [-0.3, -0.25) is 10.1 Å². The van der Waals surface area contributed by atoms with Crippen LogP contribution in [0.5, 0.6) is 0 Å². The molecule has 104 valence electrons. The number of benzene rings is 1. The fraction of sp³-hybridized carbons (Fsp3) is 0.500. The van der Waals surface area contributed by atoms with Gasteiger partial charge >= 0.3 is 0 Å². The smallest absolute Gasteiger partial charge is 0.295 e. The molecule has 0 aliphatic carbocycles. The van der Waals surface area contributed by atoms with Crippen molar-refractivity contribution < 1.29 is 9.31 Å². The van der Waals surface area contributed by atoms with Crippen LogP contribution in [0.1, 0.15) is 13.3 Å². The molecule has 1 saturated heterocycles. The van der Waals surface area contributed by atoms with Gasteiger partial charge in [-0.15, -0.1) is 0 Å². The Morgan fingerprint density at radius 1 is 1.63 bits per heavy atom. The lowest BCUT2D eigenvalue weighted by Crippen LogP contribution is -2.29. The lowest BCUT2D eigenvalue weighted by atomic mass is 10.0. The van der Waals surface area contributed by atoms with Gasteiger partial charge in [0.15, 0.2) is 0 Å². The minimum atomic E-state index is -0.778. The predicted molar refractivity (Wildman–Crippen MR) is 72.0 cm³/mol. The zero-order chi connectivity index (χ0) is 14.2. The monoisotopic (exact) mass is 287 g/mol. The van der Waals surface area contributed by atoms with Crippen LogP contribution in [0.2, 0.25) is 5.02 Å². The van der Waals surface area contributed by atoms with E-state index in [-0.39, 0.29) is 22.7 Å². The van der Waals surface area contributed by atoms with E-state index in [1.54, 1.807) is 0 Å². The maximum Gasteiger partial charge on any atom is 0.295 e. The number of nitrogens with zero attached hydrogens (tertiary/aromatic N) is 2. The molecule has 7 heteroatoms. The summed E-state index contributed by atoms with van der Waals surface area (Å²) in [7, 11) is 0. The minimum absolute atomic E-state index is 0.0278. The summed E-state index contributed by atoms with van der Waals surface area (Å²) in [5.41, 5.74) is 5.95. The molecule has 5 nitrogen and oxygen atoms in total. The van der Waals surface area contributed by atoms with E-state index in [2.05, 4.69) is 0 Å². The molecule has 0 aromatic heterocycles. The Morgan fingerprint density at radius 2 is 2.32 bits per heavy atom. The van der Waals surface area contributed by atoms with Crippen molar-refractivity contribution in [3.63, 3.8) is 0 Å². The van der Waals surface area contributed by atoms with Crippen LogP contribution in [0, 0.1) is 21.8 Å². The largest absolute Gasteiger partial charge is 0.366 e. The molecule has 2 N–H and O–H groups in total. The fourth-order valence-electron chi connectivity index (χ4n) is 2.36. The first-order chi connectivity index (χ1) is 8.90. The number of nitro groups is 1. The standard InChI is InChI=1S/C12H15ClFN3O2/c1-7(15)8-2-3-16(6-8)11-4-9(13)10(14)5-12(11)17(18)19/h4-5,7-8H,2-3,6,15H2,1H3. The van der Waals surface area contributed by atoms with Crippen molar-refractivity contribution in [2.45, 2.75) is 19.4 Å². The molecule has 2 unspecified atom stereocenters. The Labute approximate surface area is 115 Å². The van der Waals surface area contributed by atoms with Gasteiger partial charge in [-0.2, -0.15) is 0 Å². The zero-order valence-electron chi connectivity index (χ0n) is 10.5. The highest BCUT2D eigenvalue weighted by molar-refractivity contribution is 6.31. The van der Waals surface area contributed by atoms with Gasteiger partial charge in [0.05, 0.1) is 16.0 Å². The van der Waals surface area contributed by atoms with Crippen molar-refractivity contribution in [2.24, 2.45) is 11.7 Å². The fourth-order valence-corrected chi connectivity index (χ4v) is 2.52. The molecule has 0 spiro atoms. The Kier molecular flexibility index (Phi) is 3.91. The van der Waals surface area contributed by atoms with Gasteiger partial charge in [0.1, 0.15) is 11.5 Å². The Balaban J connectivity index is 2.34. The summed E-state index contributed by atoms with van der Waals surface area (Å²) in [5, 5.41) is 10.9. The molecule has 0 radical (unpaired) electrons. The van der Waals surface area contributed by atoms with Crippen LogP contribution < -0.4 is 10.6 Å². The number of halogens is 2. The minimum Gasteiger partial charge on any atom is -0.366 e. The second kappa shape index (κ2) is 5.30. The molecule has 0 saturated carbocycles. The van der Waals surface area contributed by atoms with Gasteiger partial charge in [-0.1, -0.05) is 11.6 Å². The second-order valence-corrected chi connectivity index (χ2v) is 5.27. The SMILES string of the molecule is CC(N)C1CCN(c2cc(Cl)c(F)cc2[N+](=O)[O-])C1. The summed E-state index contributed by atoms with van der Waals surface area (Å²) in [5.74, 6) is -0.497. The van der Waals surface area contributed by atoms with Crippen LogP contribution in [-0.4, -0.2) is 24.1 Å². The lowest BCUT2D eigenvalue weighted by Gasteiger charge is -2.20. The van der Waals surface area contributed by atoms with Crippen LogP contribution in [0.3, 0.4) is 0 Å². The van der Waals surface area contributed by atoms with E-state index in [1.807, 2.05) is 11.8 Å². The second-order valence-electron chi connectivity index (χ2n) is 4.87. The van der Waals surface area contributed by atoms with Crippen molar-refractivity contribution in [1.82, 2.24) is 0 Å². The molecular formula is C12H15ClFN3O2. The number of hydrogen-bond donors (Lipinski definition) is 1. The van der Waals surface area contributed by atoms with Gasteiger partial charge in [0.25, 0.3) is 5.69 Å². The molecule has 0 amide bonds. The van der Waals surface area contributed by atoms with Gasteiger partial charge in [0, 0.05) is 19.1 Å². The van der Waals surface area contributed by atoms with Crippen LogP contribution in [0.25, 0.3) is 0 Å². The zero-order valence-corrected chi connectivity index (χ0v) is 11.2. The van der Waals surface area contributed by atoms with Crippen LogP contribution >= 0.6 is 11.6 Å². The molecule has 1 aliphatic rings. The van der Waals surface area contributed by atoms with E-state index in [4.69, 9.17) is 17.3 Å². The lowest BCUT2D eigenvalue weighted by molar-refractivity contribution is -0.384. The average molecular weight is 288 g/mol. The van der Waals surface area contributed by atoms with Gasteiger partial charge in [0.2, 0.25) is 0 Å².